The van der Waals surface area contributed by atoms with E-state index in [4.69, 9.17) is 9.47 Å². The number of benzene rings is 1. The Labute approximate surface area is 145 Å². The van der Waals surface area contributed by atoms with Gasteiger partial charge in [-0.2, -0.15) is 0 Å². The van der Waals surface area contributed by atoms with Crippen molar-refractivity contribution >= 4 is 0 Å². The Kier molecular flexibility index (Phi) is 4.40. The first-order chi connectivity index (χ1) is 11.6. The molecule has 3 atom stereocenters. The van der Waals surface area contributed by atoms with Crippen molar-refractivity contribution in [3.8, 4) is 5.75 Å². The number of halogens is 3. The molecule has 2 saturated heterocycles. The minimum absolute atomic E-state index is 0.213. The lowest BCUT2D eigenvalue weighted by Crippen LogP contribution is -2.40. The summed E-state index contributed by atoms with van der Waals surface area (Å²) in [5.74, 6) is 0.0730. The molecule has 0 unspecified atom stereocenters. The average molecular weight is 356 g/mol. The molecule has 3 nitrogen and oxygen atoms in total. The van der Waals surface area contributed by atoms with Gasteiger partial charge in [-0.05, 0) is 49.0 Å². The van der Waals surface area contributed by atoms with Gasteiger partial charge in [-0.1, -0.05) is 32.6 Å². The lowest BCUT2D eigenvalue weighted by molar-refractivity contribution is -0.274. The molecule has 0 amide bonds. The lowest BCUT2D eigenvalue weighted by Gasteiger charge is -2.34. The predicted molar refractivity (Wildman–Crippen MR) is 87.1 cm³/mol. The van der Waals surface area contributed by atoms with Gasteiger partial charge in [0.2, 0.25) is 0 Å². The van der Waals surface area contributed by atoms with Crippen molar-refractivity contribution in [2.75, 3.05) is 0 Å². The largest absolute Gasteiger partial charge is 0.573 e. The average Bonchev–Trinajstić information content (AvgIpc) is 2.96. The van der Waals surface area contributed by atoms with E-state index in [0.717, 1.165) is 24.0 Å². The molecule has 0 spiro atoms. The van der Waals surface area contributed by atoms with Gasteiger partial charge in [0.25, 0.3) is 0 Å². The van der Waals surface area contributed by atoms with Gasteiger partial charge in [-0.15, -0.1) is 13.2 Å². The minimum Gasteiger partial charge on any atom is -0.406 e. The molecule has 0 N–H and O–H groups in total. The summed E-state index contributed by atoms with van der Waals surface area (Å²) >= 11 is 0. The highest BCUT2D eigenvalue weighted by atomic mass is 19.4. The van der Waals surface area contributed by atoms with Crippen molar-refractivity contribution in [2.45, 2.75) is 63.9 Å². The van der Waals surface area contributed by atoms with E-state index in [1.165, 1.54) is 12.1 Å². The van der Waals surface area contributed by atoms with Gasteiger partial charge in [0.15, 0.2) is 0 Å². The number of alkyl halides is 3. The van der Waals surface area contributed by atoms with Crippen LogP contribution in [0.15, 0.2) is 36.4 Å². The Morgan fingerprint density at radius 2 is 1.88 bits per heavy atom. The number of fused-ring (bicyclic) bond motifs is 2. The molecule has 0 radical (unpaired) electrons. The van der Waals surface area contributed by atoms with Crippen molar-refractivity contribution in [2.24, 2.45) is 5.92 Å². The number of rotatable bonds is 5. The first-order valence-corrected chi connectivity index (χ1v) is 8.41. The summed E-state index contributed by atoms with van der Waals surface area (Å²) in [5.41, 5.74) is 1.02. The van der Waals surface area contributed by atoms with Crippen LogP contribution < -0.4 is 4.74 Å². The van der Waals surface area contributed by atoms with Gasteiger partial charge in [0.05, 0.1) is 17.8 Å². The van der Waals surface area contributed by atoms with E-state index in [0.29, 0.717) is 5.92 Å². The highest BCUT2D eigenvalue weighted by Gasteiger charge is 2.63. The predicted octanol–water partition coefficient (Wildman–Crippen LogP) is 5.00. The third-order valence-electron chi connectivity index (χ3n) is 5.33. The van der Waals surface area contributed by atoms with Gasteiger partial charge < -0.3 is 14.2 Å². The zero-order valence-electron chi connectivity index (χ0n) is 14.7. The second-order valence-electron chi connectivity index (χ2n) is 7.37. The first kappa shape index (κ1) is 18.3. The van der Waals surface area contributed by atoms with Gasteiger partial charge in [0.1, 0.15) is 11.9 Å². The fraction of sp³-hybridized carbons (Fsp3) is 0.579. The molecule has 2 aliphatic rings. The molecule has 1 aromatic carbocycles. The fourth-order valence-electron chi connectivity index (χ4n) is 3.97. The first-order valence-electron chi connectivity index (χ1n) is 8.41. The molecule has 25 heavy (non-hydrogen) atoms. The van der Waals surface area contributed by atoms with Crippen LogP contribution >= 0.6 is 0 Å². The summed E-state index contributed by atoms with van der Waals surface area (Å²) in [6, 6.07) is 5.71. The quantitative estimate of drug-likeness (QED) is 0.695. The van der Waals surface area contributed by atoms with Gasteiger partial charge in [-0.25, -0.2) is 0 Å². The highest BCUT2D eigenvalue weighted by Crippen LogP contribution is 2.57. The molecule has 2 fully saturated rings. The number of hydrogen-bond acceptors (Lipinski definition) is 3. The second kappa shape index (κ2) is 6.02. The summed E-state index contributed by atoms with van der Waals surface area (Å²) < 4.78 is 52.9. The smallest absolute Gasteiger partial charge is 0.406 e. The molecule has 0 aromatic heterocycles. The van der Waals surface area contributed by atoms with Crippen molar-refractivity contribution in [3.05, 3.63) is 42.0 Å². The molecule has 2 heterocycles. The number of ether oxygens (including phenoxy) is 3. The van der Waals surface area contributed by atoms with Crippen LogP contribution in [0.25, 0.3) is 0 Å². The molecule has 0 saturated carbocycles. The molecule has 2 bridgehead atoms. The van der Waals surface area contributed by atoms with Crippen LogP contribution in [0.3, 0.4) is 0 Å². The molecular weight excluding hydrogens is 333 g/mol. The van der Waals surface area contributed by atoms with E-state index in [1.807, 2.05) is 6.92 Å². The van der Waals surface area contributed by atoms with Gasteiger partial charge in [0, 0.05) is 0 Å². The van der Waals surface area contributed by atoms with E-state index >= 15 is 0 Å². The maximum Gasteiger partial charge on any atom is 0.573 e. The normalized spacial score (nSPS) is 31.8. The Hall–Kier alpha value is -1.53. The topological polar surface area (TPSA) is 27.7 Å². The zero-order chi connectivity index (χ0) is 18.5. The Morgan fingerprint density at radius 1 is 1.24 bits per heavy atom. The van der Waals surface area contributed by atoms with Crippen molar-refractivity contribution in [3.63, 3.8) is 0 Å². The van der Waals surface area contributed by atoms with Crippen molar-refractivity contribution in [1.82, 2.24) is 0 Å². The standard InChI is InChI=1S/C19H23F3O3/c1-12(2)18-10-9-17(4,25-18)16(13(18)3)23-11-14-5-7-15(8-6-14)24-19(20,21)22/h5-8,12,16H,3,9-11H2,1-2,4H3/t16-,17+,18+/m1/s1. The summed E-state index contributed by atoms with van der Waals surface area (Å²) in [4.78, 5) is 0. The highest BCUT2D eigenvalue weighted by molar-refractivity contribution is 5.34. The Balaban J connectivity index is 1.65. The summed E-state index contributed by atoms with van der Waals surface area (Å²) in [6.07, 6.45) is -3.04. The molecule has 1 aromatic rings. The zero-order valence-corrected chi connectivity index (χ0v) is 14.7. The van der Waals surface area contributed by atoms with Crippen molar-refractivity contribution < 1.29 is 27.4 Å². The Bertz CT molecular complexity index is 653. The van der Waals surface area contributed by atoms with Gasteiger partial charge >= 0.3 is 6.36 Å². The summed E-state index contributed by atoms with van der Waals surface area (Å²) in [7, 11) is 0. The molecule has 6 heteroatoms. The number of hydrogen-bond donors (Lipinski definition) is 0. The maximum absolute atomic E-state index is 12.2. The van der Waals surface area contributed by atoms with E-state index < -0.39 is 6.36 Å². The van der Waals surface area contributed by atoms with Gasteiger partial charge in [-0.3, -0.25) is 0 Å². The van der Waals surface area contributed by atoms with E-state index in [2.05, 4.69) is 25.2 Å². The monoisotopic (exact) mass is 356 g/mol. The SMILES string of the molecule is C=C1[C@@H](OCc2ccc(OC(F)(F)F)cc2)[C@]2(C)CC[C@@]1(C(C)C)O2. The van der Waals surface area contributed by atoms with E-state index in [1.54, 1.807) is 12.1 Å². The molecule has 2 aliphatic heterocycles. The Morgan fingerprint density at radius 3 is 2.40 bits per heavy atom. The van der Waals surface area contributed by atoms with Crippen LogP contribution in [0.1, 0.15) is 39.2 Å². The van der Waals surface area contributed by atoms with Crippen LogP contribution in [-0.2, 0) is 16.1 Å². The van der Waals surface area contributed by atoms with Crippen LogP contribution in [0.2, 0.25) is 0 Å². The van der Waals surface area contributed by atoms with E-state index in [9.17, 15) is 13.2 Å². The fourth-order valence-corrected chi connectivity index (χ4v) is 3.97. The lowest BCUT2D eigenvalue weighted by atomic mass is 9.72. The minimum atomic E-state index is -4.68. The molecule has 138 valence electrons. The summed E-state index contributed by atoms with van der Waals surface area (Å²) in [5, 5.41) is 0. The molecule has 0 aliphatic carbocycles. The maximum atomic E-state index is 12.2. The van der Waals surface area contributed by atoms with E-state index in [-0.39, 0.29) is 29.7 Å². The van der Waals surface area contributed by atoms with Crippen LogP contribution in [0, 0.1) is 5.92 Å². The van der Waals surface area contributed by atoms with Crippen LogP contribution in [-0.4, -0.2) is 23.7 Å². The molecular formula is C19H23F3O3. The van der Waals surface area contributed by atoms with Crippen molar-refractivity contribution in [1.29, 1.82) is 0 Å². The van der Waals surface area contributed by atoms with Crippen LogP contribution in [0.5, 0.6) is 5.75 Å². The third-order valence-corrected chi connectivity index (χ3v) is 5.33. The third kappa shape index (κ3) is 3.29. The van der Waals surface area contributed by atoms with Crippen LogP contribution in [0.4, 0.5) is 13.2 Å². The summed E-state index contributed by atoms with van der Waals surface area (Å²) in [6.45, 7) is 10.8. The molecule has 3 rings (SSSR count). The second-order valence-corrected chi connectivity index (χ2v) is 7.37.